The van der Waals surface area contributed by atoms with Crippen molar-refractivity contribution in [1.29, 1.82) is 0 Å². The molecule has 22 heavy (non-hydrogen) atoms. The minimum Gasteiger partial charge on any atom is -0.265 e. The van der Waals surface area contributed by atoms with Crippen LogP contribution in [-0.4, -0.2) is 14.6 Å². The molecule has 1 aliphatic heterocycles. The molecule has 0 radical (unpaired) electrons. The highest BCUT2D eigenvalue weighted by atomic mass is 15.6. The highest BCUT2D eigenvalue weighted by molar-refractivity contribution is 5.64. The summed E-state index contributed by atoms with van der Waals surface area (Å²) >= 11 is 0. The van der Waals surface area contributed by atoms with Gasteiger partial charge in [0.25, 0.3) is 0 Å². The summed E-state index contributed by atoms with van der Waals surface area (Å²) in [6.45, 7) is 2.13. The lowest BCUT2D eigenvalue weighted by Crippen LogP contribution is -2.29. The number of aromatic nitrogens is 3. The first-order valence-corrected chi connectivity index (χ1v) is 7.33. The van der Waals surface area contributed by atoms with E-state index in [4.69, 9.17) is 0 Å². The molecule has 1 aliphatic rings. The van der Waals surface area contributed by atoms with Crippen molar-refractivity contribution in [2.45, 2.75) is 13.3 Å². The van der Waals surface area contributed by atoms with Crippen molar-refractivity contribution >= 4 is 5.69 Å². The van der Waals surface area contributed by atoms with E-state index in [2.05, 4.69) is 63.1 Å². The number of para-hydroxylation sites is 1. The Bertz CT molecular complexity index is 833. The number of fused-ring (bicyclic) bond motifs is 1. The average molecular weight is 288 g/mol. The number of hydrogen-bond donors (Lipinski definition) is 0. The van der Waals surface area contributed by atoms with Crippen LogP contribution in [0.3, 0.4) is 0 Å². The van der Waals surface area contributed by atoms with Gasteiger partial charge < -0.3 is 0 Å². The number of rotatable bonds is 2. The van der Waals surface area contributed by atoms with Gasteiger partial charge in [-0.1, -0.05) is 24.3 Å². The van der Waals surface area contributed by atoms with Crippen molar-refractivity contribution in [3.8, 4) is 11.3 Å². The van der Waals surface area contributed by atoms with Gasteiger partial charge in [0.15, 0.2) is 0 Å². The topological polar surface area (TPSA) is 34.0 Å². The monoisotopic (exact) mass is 288 g/mol. The van der Waals surface area contributed by atoms with Crippen molar-refractivity contribution in [3.63, 3.8) is 0 Å². The maximum atomic E-state index is 4.59. The van der Waals surface area contributed by atoms with Crippen molar-refractivity contribution in [1.82, 2.24) is 14.6 Å². The van der Waals surface area contributed by atoms with Crippen LogP contribution in [0, 0.1) is 6.92 Å². The van der Waals surface area contributed by atoms with Gasteiger partial charge in [-0.15, -0.1) is 0 Å². The molecule has 0 aliphatic carbocycles. The number of pyridine rings is 1. The van der Waals surface area contributed by atoms with Crippen molar-refractivity contribution < 1.29 is 0 Å². The smallest absolute Gasteiger partial charge is 0.132 e. The van der Waals surface area contributed by atoms with Crippen LogP contribution in [0.2, 0.25) is 0 Å². The summed E-state index contributed by atoms with van der Waals surface area (Å²) in [6, 6.07) is 12.4. The minimum atomic E-state index is 0.841. The zero-order chi connectivity index (χ0) is 14.9. The first-order valence-electron chi connectivity index (χ1n) is 7.33. The summed E-state index contributed by atoms with van der Waals surface area (Å²) < 4.78 is 2.18. The molecule has 0 atom stereocenters. The summed E-state index contributed by atoms with van der Waals surface area (Å²) in [5.41, 5.74) is 4.58. The molecule has 3 aromatic rings. The first kappa shape index (κ1) is 12.8. The molecule has 0 bridgehead atoms. The fourth-order valence-corrected chi connectivity index (χ4v) is 2.82. The van der Waals surface area contributed by atoms with Gasteiger partial charge in [-0.25, -0.2) is 9.66 Å². The third kappa shape index (κ3) is 2.00. The maximum Gasteiger partial charge on any atom is 0.132 e. The van der Waals surface area contributed by atoms with Gasteiger partial charge in [-0.2, -0.15) is 0 Å². The summed E-state index contributed by atoms with van der Waals surface area (Å²) in [5, 5.41) is 2.16. The number of benzene rings is 1. The Morgan fingerprint density at radius 3 is 2.68 bits per heavy atom. The number of aryl methyl sites for hydroxylation is 1. The number of anilines is 1. The van der Waals surface area contributed by atoms with Crippen LogP contribution >= 0.6 is 0 Å². The Morgan fingerprint density at radius 2 is 1.86 bits per heavy atom. The zero-order valence-electron chi connectivity index (χ0n) is 12.3. The largest absolute Gasteiger partial charge is 0.265 e. The third-order valence-corrected chi connectivity index (χ3v) is 3.91. The fourth-order valence-electron chi connectivity index (χ4n) is 2.82. The lowest BCUT2D eigenvalue weighted by Gasteiger charge is -2.29. The van der Waals surface area contributed by atoms with Gasteiger partial charge in [0.05, 0.1) is 17.6 Å². The first-order chi connectivity index (χ1) is 10.8. The molecule has 0 unspecified atom stereocenters. The summed E-state index contributed by atoms with van der Waals surface area (Å²) in [7, 11) is 0. The van der Waals surface area contributed by atoms with E-state index in [0.717, 1.165) is 29.2 Å². The van der Waals surface area contributed by atoms with Crippen LogP contribution in [0.4, 0.5) is 5.69 Å². The summed E-state index contributed by atoms with van der Waals surface area (Å²) in [6.07, 6.45) is 10.7. The van der Waals surface area contributed by atoms with E-state index in [-0.39, 0.29) is 0 Å². The number of hydrogen-bond acceptors (Lipinski definition) is 3. The standard InChI is InChI=1S/C18H16N4/c1-14-5-2-3-6-16(14)21-12-4-7-18-20-13-17(22(18)21)15-8-10-19-11-9-15/h2-6,8-13H,7H2,1H3. The molecule has 2 aromatic heterocycles. The van der Waals surface area contributed by atoms with Gasteiger partial charge in [0, 0.05) is 30.6 Å². The second-order valence-electron chi connectivity index (χ2n) is 5.33. The highest BCUT2D eigenvalue weighted by Crippen LogP contribution is 2.29. The molecule has 0 saturated carbocycles. The Hall–Kier alpha value is -2.88. The quantitative estimate of drug-likeness (QED) is 0.722. The van der Waals surface area contributed by atoms with E-state index in [9.17, 15) is 0 Å². The molecule has 108 valence electrons. The Morgan fingerprint density at radius 1 is 1.05 bits per heavy atom. The highest BCUT2D eigenvalue weighted by Gasteiger charge is 2.20. The van der Waals surface area contributed by atoms with Crippen LogP contribution in [-0.2, 0) is 6.42 Å². The molecule has 0 amide bonds. The van der Waals surface area contributed by atoms with Gasteiger partial charge in [-0.05, 0) is 30.7 Å². The SMILES string of the molecule is Cc1ccccc1N1C=CCc2ncc(-c3ccncc3)n21. The van der Waals surface area contributed by atoms with Crippen LogP contribution in [0.5, 0.6) is 0 Å². The van der Waals surface area contributed by atoms with Crippen molar-refractivity contribution in [2.75, 3.05) is 5.01 Å². The van der Waals surface area contributed by atoms with E-state index in [0.29, 0.717) is 0 Å². The van der Waals surface area contributed by atoms with Crippen molar-refractivity contribution in [2.24, 2.45) is 0 Å². The normalized spacial score (nSPS) is 13.2. The average Bonchev–Trinajstić information content (AvgIpc) is 3.00. The van der Waals surface area contributed by atoms with E-state index in [1.807, 2.05) is 30.7 Å². The molecular formula is C18H16N4. The molecule has 0 saturated heterocycles. The molecular weight excluding hydrogens is 272 g/mol. The van der Waals surface area contributed by atoms with Crippen LogP contribution in [0.15, 0.2) is 67.3 Å². The second kappa shape index (κ2) is 5.15. The van der Waals surface area contributed by atoms with E-state index in [1.54, 1.807) is 0 Å². The predicted octanol–water partition coefficient (Wildman–Crippen LogP) is 3.59. The van der Waals surface area contributed by atoms with E-state index < -0.39 is 0 Å². The molecule has 4 rings (SSSR count). The van der Waals surface area contributed by atoms with E-state index >= 15 is 0 Å². The van der Waals surface area contributed by atoms with Crippen LogP contribution in [0.1, 0.15) is 11.4 Å². The summed E-state index contributed by atoms with van der Waals surface area (Å²) in [5.74, 6) is 1.04. The lowest BCUT2D eigenvalue weighted by molar-refractivity contribution is 0.733. The molecule has 1 aromatic carbocycles. The molecule has 4 heteroatoms. The molecule has 0 N–H and O–H groups in total. The van der Waals surface area contributed by atoms with Crippen LogP contribution in [0.25, 0.3) is 11.3 Å². The number of imidazole rings is 1. The Kier molecular flexibility index (Phi) is 3.00. The molecule has 4 nitrogen and oxygen atoms in total. The summed E-state index contributed by atoms with van der Waals surface area (Å²) in [4.78, 5) is 8.69. The lowest BCUT2D eigenvalue weighted by atomic mass is 10.2. The molecule has 0 spiro atoms. The minimum absolute atomic E-state index is 0.841. The van der Waals surface area contributed by atoms with Crippen molar-refractivity contribution in [3.05, 3.63) is 78.7 Å². The fraction of sp³-hybridized carbons (Fsp3) is 0.111. The Balaban J connectivity index is 1.89. The van der Waals surface area contributed by atoms with Gasteiger partial charge in [0.2, 0.25) is 0 Å². The third-order valence-electron chi connectivity index (χ3n) is 3.91. The van der Waals surface area contributed by atoms with E-state index in [1.165, 1.54) is 5.56 Å². The van der Waals surface area contributed by atoms with Gasteiger partial charge >= 0.3 is 0 Å². The van der Waals surface area contributed by atoms with Gasteiger partial charge in [0.1, 0.15) is 5.82 Å². The van der Waals surface area contributed by atoms with Crippen LogP contribution < -0.4 is 5.01 Å². The predicted molar refractivity (Wildman–Crippen MR) is 87.4 cm³/mol. The van der Waals surface area contributed by atoms with Gasteiger partial charge in [-0.3, -0.25) is 9.99 Å². The molecule has 3 heterocycles. The second-order valence-corrected chi connectivity index (χ2v) is 5.33. The number of allylic oxidation sites excluding steroid dienone is 1. The molecule has 0 fully saturated rings. The number of nitrogens with zero attached hydrogens (tertiary/aromatic N) is 4. The zero-order valence-corrected chi connectivity index (χ0v) is 12.3. The Labute approximate surface area is 129 Å². The maximum absolute atomic E-state index is 4.59.